The highest BCUT2D eigenvalue weighted by molar-refractivity contribution is 9.10. The van der Waals surface area contributed by atoms with Crippen LogP contribution in [0.2, 0.25) is 0 Å². The third-order valence-corrected chi connectivity index (χ3v) is 2.97. The third kappa shape index (κ3) is 5.19. The van der Waals surface area contributed by atoms with Crippen LogP contribution in [0.5, 0.6) is 0 Å². The average molecular weight is 300 g/mol. The predicted octanol–water partition coefficient (Wildman–Crippen LogP) is 3.83. The topological polar surface area (TPSA) is 21.3 Å². The molecule has 0 aliphatic heterocycles. The van der Waals surface area contributed by atoms with Gasteiger partial charge >= 0.3 is 0 Å². The van der Waals surface area contributed by atoms with Crippen LogP contribution in [-0.4, -0.2) is 19.3 Å². The van der Waals surface area contributed by atoms with Gasteiger partial charge in [0.25, 0.3) is 0 Å². The number of rotatable bonds is 6. The summed E-state index contributed by atoms with van der Waals surface area (Å²) >= 11 is 3.54. The normalized spacial score (nSPS) is 13.1. The highest BCUT2D eigenvalue weighted by atomic mass is 79.9. The van der Waals surface area contributed by atoms with Gasteiger partial charge in [0, 0.05) is 4.47 Å². The Balaban J connectivity index is 2.80. The van der Waals surface area contributed by atoms with Crippen molar-refractivity contribution in [1.29, 1.82) is 0 Å². The van der Waals surface area contributed by atoms with E-state index in [0.717, 1.165) is 11.0 Å². The van der Waals surface area contributed by atoms with Crippen molar-refractivity contribution >= 4 is 15.9 Å². The number of likely N-dealkylation sites (N-methyl/N-ethyl adjacent to an activating group) is 1. The summed E-state index contributed by atoms with van der Waals surface area (Å²) in [7, 11) is 0. The molecule has 1 aromatic carbocycles. The van der Waals surface area contributed by atoms with Crippen LogP contribution in [0.4, 0.5) is 0 Å². The maximum atomic E-state index is 5.71. The van der Waals surface area contributed by atoms with Gasteiger partial charge in [0.15, 0.2) is 0 Å². The lowest BCUT2D eigenvalue weighted by Gasteiger charge is -2.20. The van der Waals surface area contributed by atoms with Gasteiger partial charge in [0.1, 0.15) is 0 Å². The molecule has 96 valence electrons. The zero-order valence-corrected chi connectivity index (χ0v) is 12.7. The lowest BCUT2D eigenvalue weighted by atomic mass is 10.1. The number of nitrogens with one attached hydrogen (secondary N) is 1. The first-order chi connectivity index (χ1) is 8.02. The molecule has 1 atom stereocenters. The van der Waals surface area contributed by atoms with Gasteiger partial charge in [-0.15, -0.1) is 0 Å². The Hall–Kier alpha value is -0.380. The van der Waals surface area contributed by atoms with Gasteiger partial charge in [-0.3, -0.25) is 0 Å². The Morgan fingerprint density at radius 3 is 2.53 bits per heavy atom. The van der Waals surface area contributed by atoms with E-state index in [9.17, 15) is 0 Å². The molecule has 0 radical (unpaired) electrons. The number of aryl methyl sites for hydroxylation is 1. The standard InChI is InChI=1S/C14H22BrNO/c1-5-16-14(9-17-10(2)3)12-6-11(4)7-13(15)8-12/h6-8,10,14,16H,5,9H2,1-4H3. The molecule has 0 heterocycles. The van der Waals surface area contributed by atoms with Crippen molar-refractivity contribution in [2.45, 2.75) is 39.8 Å². The summed E-state index contributed by atoms with van der Waals surface area (Å²) in [6.07, 6.45) is 0.268. The van der Waals surface area contributed by atoms with E-state index in [-0.39, 0.29) is 12.1 Å². The fourth-order valence-corrected chi connectivity index (χ4v) is 2.40. The first-order valence-corrected chi connectivity index (χ1v) is 6.94. The summed E-state index contributed by atoms with van der Waals surface area (Å²) in [5.74, 6) is 0. The molecule has 1 aromatic rings. The minimum atomic E-state index is 0.263. The largest absolute Gasteiger partial charge is 0.377 e. The van der Waals surface area contributed by atoms with Crippen molar-refractivity contribution < 1.29 is 4.74 Å². The van der Waals surface area contributed by atoms with Crippen molar-refractivity contribution in [1.82, 2.24) is 5.32 Å². The minimum absolute atomic E-state index is 0.263. The molecule has 17 heavy (non-hydrogen) atoms. The smallest absolute Gasteiger partial charge is 0.0664 e. The Labute approximate surface area is 113 Å². The van der Waals surface area contributed by atoms with Crippen LogP contribution in [0.25, 0.3) is 0 Å². The van der Waals surface area contributed by atoms with E-state index in [1.54, 1.807) is 0 Å². The lowest BCUT2D eigenvalue weighted by molar-refractivity contribution is 0.0614. The van der Waals surface area contributed by atoms with Crippen molar-refractivity contribution in [3.63, 3.8) is 0 Å². The van der Waals surface area contributed by atoms with Gasteiger partial charge in [-0.05, 0) is 50.6 Å². The lowest BCUT2D eigenvalue weighted by Crippen LogP contribution is -2.26. The summed E-state index contributed by atoms with van der Waals surface area (Å²) in [5.41, 5.74) is 2.54. The number of benzene rings is 1. The highest BCUT2D eigenvalue weighted by Crippen LogP contribution is 2.21. The van der Waals surface area contributed by atoms with Crippen LogP contribution in [0.1, 0.15) is 37.9 Å². The molecular formula is C14H22BrNO. The predicted molar refractivity (Wildman–Crippen MR) is 76.4 cm³/mol. The van der Waals surface area contributed by atoms with E-state index >= 15 is 0 Å². The summed E-state index contributed by atoms with van der Waals surface area (Å²) in [5, 5.41) is 3.46. The first-order valence-electron chi connectivity index (χ1n) is 6.15. The summed E-state index contributed by atoms with van der Waals surface area (Å²) in [6, 6.07) is 6.75. The average Bonchev–Trinajstić information content (AvgIpc) is 2.22. The van der Waals surface area contributed by atoms with Gasteiger partial charge in [0.05, 0.1) is 18.8 Å². The molecule has 3 heteroatoms. The Bertz CT molecular complexity index is 332. The van der Waals surface area contributed by atoms with Crippen LogP contribution in [0, 0.1) is 6.92 Å². The minimum Gasteiger partial charge on any atom is -0.377 e. The van der Waals surface area contributed by atoms with Crippen molar-refractivity contribution in [3.05, 3.63) is 33.8 Å². The quantitative estimate of drug-likeness (QED) is 0.862. The first kappa shape index (κ1) is 14.7. The maximum Gasteiger partial charge on any atom is 0.0664 e. The molecule has 0 aliphatic rings. The molecule has 1 unspecified atom stereocenters. The second kappa shape index (κ2) is 7.14. The zero-order chi connectivity index (χ0) is 12.8. The van der Waals surface area contributed by atoms with Crippen molar-refractivity contribution in [2.24, 2.45) is 0 Å². The molecule has 0 fully saturated rings. The Morgan fingerprint density at radius 2 is 2.00 bits per heavy atom. The van der Waals surface area contributed by atoms with Crippen LogP contribution in [-0.2, 0) is 4.74 Å². The van der Waals surface area contributed by atoms with Crippen LogP contribution in [0.3, 0.4) is 0 Å². The fraction of sp³-hybridized carbons (Fsp3) is 0.571. The van der Waals surface area contributed by atoms with Crippen LogP contribution < -0.4 is 5.32 Å². The molecule has 0 saturated carbocycles. The molecule has 2 nitrogen and oxygen atoms in total. The van der Waals surface area contributed by atoms with Gasteiger partial charge in [0.2, 0.25) is 0 Å². The Kier molecular flexibility index (Phi) is 6.17. The monoisotopic (exact) mass is 299 g/mol. The van der Waals surface area contributed by atoms with Gasteiger partial charge in [-0.1, -0.05) is 28.9 Å². The van der Waals surface area contributed by atoms with Gasteiger partial charge < -0.3 is 10.1 Å². The van der Waals surface area contributed by atoms with Gasteiger partial charge in [-0.2, -0.15) is 0 Å². The van der Waals surface area contributed by atoms with Crippen molar-refractivity contribution in [3.8, 4) is 0 Å². The van der Waals surface area contributed by atoms with E-state index in [2.05, 4.69) is 67.1 Å². The summed E-state index contributed by atoms with van der Waals surface area (Å²) in [4.78, 5) is 0. The summed E-state index contributed by atoms with van der Waals surface area (Å²) in [6.45, 7) is 10.0. The van der Waals surface area contributed by atoms with Gasteiger partial charge in [-0.25, -0.2) is 0 Å². The molecule has 0 bridgehead atoms. The highest BCUT2D eigenvalue weighted by Gasteiger charge is 2.12. The van der Waals surface area contributed by atoms with E-state index in [1.807, 2.05) is 0 Å². The zero-order valence-electron chi connectivity index (χ0n) is 11.1. The molecule has 1 N–H and O–H groups in total. The summed E-state index contributed by atoms with van der Waals surface area (Å²) < 4.78 is 6.84. The third-order valence-electron chi connectivity index (χ3n) is 2.51. The SMILES string of the molecule is CCNC(COC(C)C)c1cc(C)cc(Br)c1. The molecular weight excluding hydrogens is 278 g/mol. The van der Waals surface area contributed by atoms with E-state index < -0.39 is 0 Å². The van der Waals surface area contributed by atoms with Crippen LogP contribution in [0.15, 0.2) is 22.7 Å². The molecule has 0 saturated heterocycles. The fourth-order valence-electron chi connectivity index (χ4n) is 1.77. The molecule has 0 spiro atoms. The van der Waals surface area contributed by atoms with E-state index in [4.69, 9.17) is 4.74 Å². The molecule has 1 rings (SSSR count). The van der Waals surface area contributed by atoms with Crippen LogP contribution >= 0.6 is 15.9 Å². The molecule has 0 aromatic heterocycles. The maximum absolute atomic E-state index is 5.71. The number of hydrogen-bond donors (Lipinski definition) is 1. The number of hydrogen-bond acceptors (Lipinski definition) is 2. The second-order valence-corrected chi connectivity index (χ2v) is 5.47. The molecule has 0 amide bonds. The van der Waals surface area contributed by atoms with E-state index in [0.29, 0.717) is 6.61 Å². The van der Waals surface area contributed by atoms with Crippen molar-refractivity contribution in [2.75, 3.05) is 13.2 Å². The number of halogens is 1. The second-order valence-electron chi connectivity index (χ2n) is 4.55. The van der Waals surface area contributed by atoms with E-state index in [1.165, 1.54) is 11.1 Å². The Morgan fingerprint density at radius 1 is 1.29 bits per heavy atom. The number of ether oxygens (including phenoxy) is 1. The molecule has 0 aliphatic carbocycles.